The first-order valence-corrected chi connectivity index (χ1v) is 11.1. The van der Waals surface area contributed by atoms with E-state index in [0.717, 1.165) is 21.6 Å². The third-order valence-corrected chi connectivity index (χ3v) is 5.97. The number of rotatable bonds is 6. The van der Waals surface area contributed by atoms with Gasteiger partial charge < -0.3 is 15.0 Å². The molecule has 0 aliphatic carbocycles. The number of thioether (sulfide) groups is 1. The second-order valence-corrected chi connectivity index (χ2v) is 8.85. The Hall–Kier alpha value is -2.82. The first-order chi connectivity index (χ1) is 14.9. The van der Waals surface area contributed by atoms with Crippen molar-refractivity contribution in [3.8, 4) is 0 Å². The van der Waals surface area contributed by atoms with Gasteiger partial charge in [0.15, 0.2) is 5.17 Å². The molecular formula is C21H22N4O4S2. The van der Waals surface area contributed by atoms with E-state index in [-0.39, 0.29) is 29.3 Å². The number of aliphatic imine (C=N–C) groups is 1. The molecule has 1 aliphatic rings. The highest BCUT2D eigenvalue weighted by Crippen LogP contribution is 2.37. The van der Waals surface area contributed by atoms with Crippen molar-refractivity contribution in [3.63, 3.8) is 0 Å². The van der Waals surface area contributed by atoms with Gasteiger partial charge in [-0.1, -0.05) is 41.7 Å². The zero-order valence-corrected chi connectivity index (χ0v) is 19.0. The van der Waals surface area contributed by atoms with Gasteiger partial charge in [0, 0.05) is 9.79 Å². The molecule has 1 fully saturated rings. The lowest BCUT2D eigenvalue weighted by molar-refractivity contribution is -0.117. The molecule has 3 rings (SSSR count). The molecule has 0 radical (unpaired) electrons. The number of hydrogen-bond acceptors (Lipinski definition) is 7. The number of amidine groups is 1. The summed E-state index contributed by atoms with van der Waals surface area (Å²) in [6.07, 6.45) is -0.795. The number of carbonyl (C=O) groups is 3. The highest BCUT2D eigenvalue weighted by atomic mass is 32.2. The van der Waals surface area contributed by atoms with Gasteiger partial charge in [0.25, 0.3) is 0 Å². The fraction of sp³-hybridized carbons (Fsp3) is 0.238. The van der Waals surface area contributed by atoms with Crippen molar-refractivity contribution in [2.24, 2.45) is 4.99 Å². The number of ether oxygens (including phenoxy) is 1. The Morgan fingerprint density at radius 2 is 1.94 bits per heavy atom. The largest absolute Gasteiger partial charge is 0.451 e. The van der Waals surface area contributed by atoms with Crippen LogP contribution in [0.4, 0.5) is 16.2 Å². The minimum atomic E-state index is -0.795. The summed E-state index contributed by atoms with van der Waals surface area (Å²) in [7, 11) is 4.81. The summed E-state index contributed by atoms with van der Waals surface area (Å²) < 4.78 is 4.60. The topological polar surface area (TPSA) is 91.3 Å². The summed E-state index contributed by atoms with van der Waals surface area (Å²) in [5, 5.41) is 3.10. The molecule has 0 saturated carbocycles. The summed E-state index contributed by atoms with van der Waals surface area (Å²) in [6.45, 7) is 0.182. The van der Waals surface area contributed by atoms with Crippen LogP contribution in [0.3, 0.4) is 0 Å². The first kappa shape index (κ1) is 22.9. The van der Waals surface area contributed by atoms with Crippen LogP contribution in [0, 0.1) is 0 Å². The molecule has 0 bridgehead atoms. The van der Waals surface area contributed by atoms with Gasteiger partial charge in [-0.15, -0.1) is 0 Å². The van der Waals surface area contributed by atoms with Gasteiger partial charge in [-0.25, -0.2) is 4.79 Å². The second-order valence-electron chi connectivity index (χ2n) is 6.76. The second kappa shape index (κ2) is 10.5. The van der Waals surface area contributed by atoms with Crippen LogP contribution >= 0.6 is 23.5 Å². The predicted octanol–water partition coefficient (Wildman–Crippen LogP) is 3.54. The molecule has 1 heterocycles. The van der Waals surface area contributed by atoms with Crippen molar-refractivity contribution in [2.75, 3.05) is 43.7 Å². The third-order valence-electron chi connectivity index (χ3n) is 4.05. The van der Waals surface area contributed by atoms with Crippen molar-refractivity contribution in [3.05, 3.63) is 48.5 Å². The van der Waals surface area contributed by atoms with Gasteiger partial charge >= 0.3 is 6.09 Å². The van der Waals surface area contributed by atoms with Gasteiger partial charge in [-0.3, -0.25) is 14.5 Å². The summed E-state index contributed by atoms with van der Waals surface area (Å²) >= 11 is 2.68. The molecule has 2 aromatic carbocycles. The average molecular weight is 459 g/mol. The number of methoxy groups -OCH3 is 1. The lowest BCUT2D eigenvalue weighted by Crippen LogP contribution is -2.32. The zero-order valence-electron chi connectivity index (χ0n) is 17.3. The Morgan fingerprint density at radius 3 is 2.61 bits per heavy atom. The summed E-state index contributed by atoms with van der Waals surface area (Å²) in [6, 6.07) is 15.2. The van der Waals surface area contributed by atoms with Crippen LogP contribution in [0.1, 0.15) is 0 Å². The SMILES string of the molecule is COC(=O)/N=C1\SCC(=O)N1c1ccc(Sc2ccccc2)cc1NC(=O)CN(C)C. The van der Waals surface area contributed by atoms with Crippen molar-refractivity contribution < 1.29 is 19.1 Å². The van der Waals surface area contributed by atoms with E-state index in [9.17, 15) is 14.4 Å². The van der Waals surface area contributed by atoms with Gasteiger partial charge in [0.2, 0.25) is 11.8 Å². The quantitative estimate of drug-likeness (QED) is 0.708. The number of amides is 3. The Kier molecular flexibility index (Phi) is 7.72. The number of nitrogens with one attached hydrogen (secondary N) is 1. The van der Waals surface area contributed by atoms with Crippen LogP contribution in [-0.4, -0.2) is 61.5 Å². The molecule has 0 aromatic heterocycles. The normalized spacial score (nSPS) is 14.9. The van der Waals surface area contributed by atoms with E-state index in [1.807, 2.05) is 42.5 Å². The maximum absolute atomic E-state index is 12.6. The molecule has 1 aliphatic heterocycles. The highest BCUT2D eigenvalue weighted by Gasteiger charge is 2.32. The Bertz CT molecular complexity index is 1010. The van der Waals surface area contributed by atoms with Gasteiger partial charge in [-0.2, -0.15) is 4.99 Å². The number of carbonyl (C=O) groups excluding carboxylic acids is 3. The number of anilines is 2. The standard InChI is InChI=1S/C21H22N4O4S2/c1-24(2)12-18(26)22-16-11-15(31-14-7-5-4-6-8-14)9-10-17(16)25-19(27)13-30-20(25)23-21(28)29-3/h4-11H,12-13H2,1-3H3,(H,22,26)/b23-20-. The predicted molar refractivity (Wildman–Crippen MR) is 124 cm³/mol. The molecule has 0 unspecified atom stereocenters. The summed E-state index contributed by atoms with van der Waals surface area (Å²) in [5.41, 5.74) is 0.906. The van der Waals surface area contributed by atoms with Crippen molar-refractivity contribution in [1.82, 2.24) is 4.90 Å². The van der Waals surface area contributed by atoms with E-state index in [0.29, 0.717) is 11.4 Å². The number of benzene rings is 2. The fourth-order valence-electron chi connectivity index (χ4n) is 2.78. The molecule has 10 heteroatoms. The molecule has 162 valence electrons. The molecule has 31 heavy (non-hydrogen) atoms. The minimum absolute atomic E-state index is 0.140. The molecule has 0 spiro atoms. The van der Waals surface area contributed by atoms with Crippen LogP contribution < -0.4 is 10.2 Å². The average Bonchev–Trinajstić information content (AvgIpc) is 3.08. The number of hydrogen-bond donors (Lipinski definition) is 1. The van der Waals surface area contributed by atoms with Gasteiger partial charge in [0.1, 0.15) is 0 Å². The maximum Gasteiger partial charge on any atom is 0.435 e. The molecule has 1 saturated heterocycles. The smallest absolute Gasteiger partial charge is 0.435 e. The van der Waals surface area contributed by atoms with E-state index in [4.69, 9.17) is 0 Å². The van der Waals surface area contributed by atoms with Crippen molar-refractivity contribution in [1.29, 1.82) is 0 Å². The first-order valence-electron chi connectivity index (χ1n) is 9.31. The van der Waals surface area contributed by atoms with Crippen molar-refractivity contribution in [2.45, 2.75) is 9.79 Å². The molecule has 8 nitrogen and oxygen atoms in total. The van der Waals surface area contributed by atoms with Crippen LogP contribution in [-0.2, 0) is 14.3 Å². The van der Waals surface area contributed by atoms with E-state index < -0.39 is 6.09 Å². The highest BCUT2D eigenvalue weighted by molar-refractivity contribution is 8.15. The number of nitrogens with zero attached hydrogens (tertiary/aromatic N) is 3. The molecular weight excluding hydrogens is 436 g/mol. The number of likely N-dealkylation sites (N-methyl/N-ethyl adjacent to an activating group) is 1. The third kappa shape index (κ3) is 6.09. The zero-order chi connectivity index (χ0) is 22.4. The lowest BCUT2D eigenvalue weighted by Gasteiger charge is -2.21. The molecule has 3 amide bonds. The molecule has 0 atom stereocenters. The van der Waals surface area contributed by atoms with E-state index in [1.165, 1.54) is 23.8 Å². The van der Waals surface area contributed by atoms with E-state index >= 15 is 0 Å². The Morgan fingerprint density at radius 1 is 1.19 bits per heavy atom. The molecule has 1 N–H and O–H groups in total. The van der Waals surface area contributed by atoms with E-state index in [1.54, 1.807) is 25.1 Å². The van der Waals surface area contributed by atoms with Crippen LogP contribution in [0.5, 0.6) is 0 Å². The monoisotopic (exact) mass is 458 g/mol. The summed E-state index contributed by atoms with van der Waals surface area (Å²) in [4.78, 5) is 45.6. The maximum atomic E-state index is 12.6. The van der Waals surface area contributed by atoms with Crippen LogP contribution in [0.25, 0.3) is 0 Å². The fourth-order valence-corrected chi connectivity index (χ4v) is 4.51. The van der Waals surface area contributed by atoms with Crippen LogP contribution in [0.15, 0.2) is 63.3 Å². The van der Waals surface area contributed by atoms with E-state index in [2.05, 4.69) is 15.0 Å². The van der Waals surface area contributed by atoms with Crippen LogP contribution in [0.2, 0.25) is 0 Å². The minimum Gasteiger partial charge on any atom is -0.451 e. The Balaban J connectivity index is 1.99. The Labute approximate surface area is 189 Å². The lowest BCUT2D eigenvalue weighted by atomic mass is 10.2. The van der Waals surface area contributed by atoms with Crippen molar-refractivity contribution >= 4 is 58.0 Å². The van der Waals surface area contributed by atoms with Gasteiger partial charge in [0.05, 0.1) is 30.8 Å². The summed E-state index contributed by atoms with van der Waals surface area (Å²) in [5.74, 6) is -0.320. The molecule has 2 aromatic rings. The van der Waals surface area contributed by atoms with Gasteiger partial charge in [-0.05, 0) is 44.4 Å².